The predicted molar refractivity (Wildman–Crippen MR) is 229 cm³/mol. The number of nitrogens with zero attached hydrogens (tertiary/aromatic N) is 1. The van der Waals surface area contributed by atoms with Gasteiger partial charge in [-0.1, -0.05) is 137 Å². The summed E-state index contributed by atoms with van der Waals surface area (Å²) in [5.74, 6) is -0.376. The maximum Gasteiger partial charge on any atom is 0.268 e. The molecule has 0 rings (SSSR count). The highest BCUT2D eigenvalue weighted by molar-refractivity contribution is 7.45. The van der Waals surface area contributed by atoms with Crippen LogP contribution in [0.25, 0.3) is 0 Å². The summed E-state index contributed by atoms with van der Waals surface area (Å²) in [7, 11) is 1.04. The van der Waals surface area contributed by atoms with E-state index in [9.17, 15) is 24.5 Å². The van der Waals surface area contributed by atoms with E-state index >= 15 is 0 Å². The SMILES string of the molecule is CC/C=C\C/C=C\C/C=C\C/C=C\C/C=C\C/C=C\CCC(=O)NC(COP(=O)([O-])OCC[N+](C)(C)C)C(O)C(O)CCC/C=C/CCCCCCCCC. The normalized spacial score (nSPS) is 15.9. The molecule has 10 heteroatoms. The average molecular weight is 791 g/mol. The van der Waals surface area contributed by atoms with Crippen LogP contribution in [0, 0.1) is 0 Å². The Kier molecular flexibility index (Phi) is 34.5. The molecule has 3 N–H and O–H groups in total. The number of carbonyl (C=O) groups excluding carboxylic acids is 1. The first kappa shape index (κ1) is 52.6. The van der Waals surface area contributed by atoms with Crippen LogP contribution >= 0.6 is 7.82 Å². The second-order valence-corrected chi connectivity index (χ2v) is 16.5. The number of rotatable bonds is 36. The van der Waals surface area contributed by atoms with Crippen LogP contribution in [0.3, 0.4) is 0 Å². The van der Waals surface area contributed by atoms with Crippen LogP contribution in [0.4, 0.5) is 0 Å². The number of nitrogens with one attached hydrogen (secondary N) is 1. The van der Waals surface area contributed by atoms with Gasteiger partial charge in [0.15, 0.2) is 0 Å². The van der Waals surface area contributed by atoms with Crippen molar-refractivity contribution in [3.05, 3.63) is 85.1 Å². The zero-order valence-electron chi connectivity index (χ0n) is 35.2. The second kappa shape index (κ2) is 36.0. The van der Waals surface area contributed by atoms with Gasteiger partial charge in [0.2, 0.25) is 5.91 Å². The molecule has 0 radical (unpaired) electrons. The molecule has 0 aliphatic rings. The van der Waals surface area contributed by atoms with Gasteiger partial charge in [0.1, 0.15) is 19.3 Å². The van der Waals surface area contributed by atoms with Gasteiger partial charge in [0, 0.05) is 6.42 Å². The molecule has 4 unspecified atom stereocenters. The molecule has 9 nitrogen and oxygen atoms in total. The highest BCUT2D eigenvalue weighted by Gasteiger charge is 2.29. The topological polar surface area (TPSA) is 128 Å². The lowest BCUT2D eigenvalue weighted by Gasteiger charge is -2.31. The van der Waals surface area contributed by atoms with E-state index in [4.69, 9.17) is 9.05 Å². The summed E-state index contributed by atoms with van der Waals surface area (Å²) in [5, 5.41) is 24.4. The van der Waals surface area contributed by atoms with E-state index in [1.54, 1.807) is 0 Å². The van der Waals surface area contributed by atoms with Gasteiger partial charge < -0.3 is 34.0 Å². The van der Waals surface area contributed by atoms with Crippen molar-refractivity contribution in [1.82, 2.24) is 5.32 Å². The minimum Gasteiger partial charge on any atom is -0.756 e. The first-order valence-corrected chi connectivity index (χ1v) is 22.5. The molecule has 1 amide bonds. The van der Waals surface area contributed by atoms with Crippen LogP contribution in [0.2, 0.25) is 0 Å². The fourth-order valence-corrected chi connectivity index (χ4v) is 6.06. The van der Waals surface area contributed by atoms with Gasteiger partial charge in [-0.2, -0.15) is 0 Å². The molecule has 0 fully saturated rings. The van der Waals surface area contributed by atoms with E-state index in [-0.39, 0.29) is 18.9 Å². The first-order chi connectivity index (χ1) is 26.4. The summed E-state index contributed by atoms with van der Waals surface area (Å²) < 4.78 is 23.0. The van der Waals surface area contributed by atoms with E-state index in [1.165, 1.54) is 44.9 Å². The highest BCUT2D eigenvalue weighted by Crippen LogP contribution is 2.38. The molecule has 0 aliphatic carbocycles. The molecule has 0 bridgehead atoms. The standard InChI is InChI=1S/C45H79N2O7P/c1-6-8-10-12-14-16-18-20-21-22-23-24-25-26-28-30-32-34-36-38-44(49)46-42(41-54-55(51,52)53-40-39-47(3,4)5)45(50)43(48)37-35-33-31-29-27-19-17-15-13-11-9-7-2/h8,10,14,16,20-21,23-24,26,28-29,31-32,34,42-43,45,48,50H,6-7,9,11-13,15,17-19,22,25,27,30,33,35-41H2,1-5H3,(H-,46,49,51,52)/b10-8-,16-14-,21-20-,24-23-,28-26-,31-29+,34-32-. The third-order valence-electron chi connectivity index (χ3n) is 8.72. The third-order valence-corrected chi connectivity index (χ3v) is 9.69. The molecular formula is C45H79N2O7P. The molecule has 0 saturated carbocycles. The number of phosphoric ester groups is 1. The van der Waals surface area contributed by atoms with E-state index in [1.807, 2.05) is 33.3 Å². The maximum atomic E-state index is 12.8. The van der Waals surface area contributed by atoms with Crippen molar-refractivity contribution in [2.45, 2.75) is 154 Å². The van der Waals surface area contributed by atoms with Crippen LogP contribution in [0.5, 0.6) is 0 Å². The second-order valence-electron chi connectivity index (χ2n) is 15.1. The minimum atomic E-state index is -4.69. The predicted octanol–water partition coefficient (Wildman–Crippen LogP) is 9.75. The molecule has 0 aromatic carbocycles. The summed E-state index contributed by atoms with van der Waals surface area (Å²) >= 11 is 0. The van der Waals surface area contributed by atoms with E-state index < -0.39 is 32.7 Å². The third kappa shape index (κ3) is 37.0. The maximum absolute atomic E-state index is 12.8. The molecule has 0 aromatic rings. The van der Waals surface area contributed by atoms with Crippen molar-refractivity contribution in [1.29, 1.82) is 0 Å². The lowest BCUT2D eigenvalue weighted by molar-refractivity contribution is -0.870. The number of amides is 1. The Bertz CT molecular complexity index is 1190. The number of likely N-dealkylation sites (N-methyl/N-ethyl adjacent to an activating group) is 1. The molecule has 0 heterocycles. The van der Waals surface area contributed by atoms with Crippen molar-refractivity contribution in [3.8, 4) is 0 Å². The fourth-order valence-electron chi connectivity index (χ4n) is 5.33. The Morgan fingerprint density at radius 2 is 1.15 bits per heavy atom. The molecule has 0 aliphatic heterocycles. The zero-order valence-corrected chi connectivity index (χ0v) is 36.1. The summed E-state index contributed by atoms with van der Waals surface area (Å²) in [6, 6.07) is -1.13. The number of aliphatic hydroxyl groups is 2. The van der Waals surface area contributed by atoms with Crippen molar-refractivity contribution >= 4 is 13.7 Å². The molecule has 0 spiro atoms. The number of carbonyl (C=O) groups is 1. The van der Waals surface area contributed by atoms with Crippen LogP contribution in [0.1, 0.15) is 136 Å². The Hall–Kier alpha value is -2.36. The Labute approximate surface area is 336 Å². The lowest BCUT2D eigenvalue weighted by atomic mass is 10.0. The lowest BCUT2D eigenvalue weighted by Crippen LogP contribution is -2.51. The van der Waals surface area contributed by atoms with Crippen molar-refractivity contribution in [2.75, 3.05) is 40.9 Å². The highest BCUT2D eigenvalue weighted by atomic mass is 31.2. The fraction of sp³-hybridized carbons (Fsp3) is 0.667. The number of quaternary nitrogens is 1. The van der Waals surface area contributed by atoms with Gasteiger partial charge in [-0.05, 0) is 77.0 Å². The molecular weight excluding hydrogens is 711 g/mol. The number of aliphatic hydroxyl groups excluding tert-OH is 2. The number of phosphoric acid groups is 1. The van der Waals surface area contributed by atoms with Crippen LogP contribution < -0.4 is 10.2 Å². The monoisotopic (exact) mass is 791 g/mol. The molecule has 0 saturated heterocycles. The van der Waals surface area contributed by atoms with E-state index in [2.05, 4.69) is 92.1 Å². The van der Waals surface area contributed by atoms with Crippen LogP contribution in [0.15, 0.2) is 85.1 Å². The van der Waals surface area contributed by atoms with E-state index in [0.717, 1.165) is 51.4 Å². The van der Waals surface area contributed by atoms with Gasteiger partial charge in [-0.15, -0.1) is 0 Å². The van der Waals surface area contributed by atoms with Gasteiger partial charge in [0.05, 0.1) is 39.9 Å². The van der Waals surface area contributed by atoms with Gasteiger partial charge in [-0.3, -0.25) is 9.36 Å². The number of unbranched alkanes of at least 4 members (excludes halogenated alkanes) is 8. The summed E-state index contributed by atoms with van der Waals surface area (Å²) in [6.45, 7) is 4.20. The van der Waals surface area contributed by atoms with Gasteiger partial charge in [-0.25, -0.2) is 0 Å². The van der Waals surface area contributed by atoms with Gasteiger partial charge in [0.25, 0.3) is 7.82 Å². The van der Waals surface area contributed by atoms with Crippen LogP contribution in [-0.2, 0) is 18.4 Å². The Balaban J connectivity index is 4.73. The first-order valence-electron chi connectivity index (χ1n) is 21.0. The molecule has 316 valence electrons. The number of hydrogen-bond donors (Lipinski definition) is 3. The largest absolute Gasteiger partial charge is 0.756 e. The van der Waals surface area contributed by atoms with E-state index in [0.29, 0.717) is 30.3 Å². The molecule has 55 heavy (non-hydrogen) atoms. The zero-order chi connectivity index (χ0) is 40.9. The minimum absolute atomic E-state index is 0.0646. The van der Waals surface area contributed by atoms with Crippen molar-refractivity contribution in [2.24, 2.45) is 0 Å². The summed E-state index contributed by atoms with van der Waals surface area (Å²) in [6.07, 6.45) is 45.0. The van der Waals surface area contributed by atoms with Crippen LogP contribution in [-0.4, -0.2) is 79.8 Å². The quantitative estimate of drug-likeness (QED) is 0.0250. The Morgan fingerprint density at radius 1 is 0.673 bits per heavy atom. The summed E-state index contributed by atoms with van der Waals surface area (Å²) in [5.41, 5.74) is 0. The smallest absolute Gasteiger partial charge is 0.268 e. The number of allylic oxidation sites excluding steroid dienone is 14. The van der Waals surface area contributed by atoms with Crippen molar-refractivity contribution in [3.63, 3.8) is 0 Å². The van der Waals surface area contributed by atoms with Crippen molar-refractivity contribution < 1.29 is 38.0 Å². The molecule has 4 atom stereocenters. The number of hydrogen-bond acceptors (Lipinski definition) is 7. The Morgan fingerprint density at radius 3 is 1.67 bits per heavy atom. The average Bonchev–Trinajstić information content (AvgIpc) is 3.13. The van der Waals surface area contributed by atoms with Gasteiger partial charge >= 0.3 is 0 Å². The summed E-state index contributed by atoms with van der Waals surface area (Å²) in [4.78, 5) is 25.3. The molecule has 0 aromatic heterocycles.